The summed E-state index contributed by atoms with van der Waals surface area (Å²) in [7, 11) is 1.27. The van der Waals surface area contributed by atoms with E-state index in [1.165, 1.54) is 16.7 Å². The van der Waals surface area contributed by atoms with Crippen molar-refractivity contribution in [1.29, 1.82) is 0 Å². The van der Waals surface area contributed by atoms with E-state index >= 15 is 0 Å². The summed E-state index contributed by atoms with van der Waals surface area (Å²) in [5, 5.41) is 10.8. The summed E-state index contributed by atoms with van der Waals surface area (Å²) in [4.78, 5) is 36.7. The molecule has 10 heteroatoms. The number of hydrogen-bond donors (Lipinski definition) is 0. The van der Waals surface area contributed by atoms with Crippen LogP contribution in [0, 0.1) is 0 Å². The third-order valence-electron chi connectivity index (χ3n) is 3.31. The van der Waals surface area contributed by atoms with Crippen LogP contribution in [0.15, 0.2) is 5.16 Å². The number of ether oxygens (including phenoxy) is 1. The number of nitrogens with zero attached hydrogens (tertiary/aromatic N) is 5. The lowest BCUT2D eigenvalue weighted by molar-refractivity contribution is -0.142. The van der Waals surface area contributed by atoms with E-state index in [0.717, 1.165) is 24.6 Å². The SMILES string of the molecule is COC(=O)Cn1nnnc1SC1CC(=O)N(C2CC2)C1=O. The van der Waals surface area contributed by atoms with Gasteiger partial charge < -0.3 is 4.74 Å². The summed E-state index contributed by atoms with van der Waals surface area (Å²) in [5.74, 6) is -0.829. The molecule has 1 aromatic rings. The van der Waals surface area contributed by atoms with Gasteiger partial charge in [-0.15, -0.1) is 5.10 Å². The molecule has 2 fully saturated rings. The first kappa shape index (κ1) is 14.0. The minimum atomic E-state index is -0.527. The van der Waals surface area contributed by atoms with Gasteiger partial charge >= 0.3 is 5.97 Å². The van der Waals surface area contributed by atoms with Crippen LogP contribution in [0.25, 0.3) is 0 Å². The number of aromatic nitrogens is 4. The largest absolute Gasteiger partial charge is 0.468 e. The van der Waals surface area contributed by atoms with Crippen molar-refractivity contribution >= 4 is 29.5 Å². The van der Waals surface area contributed by atoms with Crippen LogP contribution in [0.4, 0.5) is 0 Å². The number of methoxy groups -OCH3 is 1. The van der Waals surface area contributed by atoms with E-state index in [0.29, 0.717) is 5.16 Å². The van der Waals surface area contributed by atoms with Gasteiger partial charge in [0.15, 0.2) is 0 Å². The molecule has 1 aliphatic carbocycles. The van der Waals surface area contributed by atoms with Gasteiger partial charge in [0.25, 0.3) is 0 Å². The zero-order valence-corrected chi connectivity index (χ0v) is 12.1. The van der Waals surface area contributed by atoms with Crippen LogP contribution in [0.2, 0.25) is 0 Å². The van der Waals surface area contributed by atoms with Crippen LogP contribution in [0.3, 0.4) is 0 Å². The quantitative estimate of drug-likeness (QED) is 0.515. The Balaban J connectivity index is 1.70. The maximum atomic E-state index is 12.2. The zero-order chi connectivity index (χ0) is 15.0. The molecule has 1 saturated heterocycles. The lowest BCUT2D eigenvalue weighted by Crippen LogP contribution is -2.33. The Morgan fingerprint density at radius 2 is 2.19 bits per heavy atom. The molecule has 1 atom stereocenters. The molecule has 0 N–H and O–H groups in total. The second-order valence-electron chi connectivity index (χ2n) is 4.84. The average molecular weight is 311 g/mol. The van der Waals surface area contributed by atoms with Gasteiger partial charge in [0.05, 0.1) is 7.11 Å². The predicted octanol–water partition coefficient (Wildman–Crippen LogP) is -0.772. The highest BCUT2D eigenvalue weighted by Crippen LogP contribution is 2.36. The molecule has 3 rings (SSSR count). The minimum absolute atomic E-state index is 0.0710. The molecule has 112 valence electrons. The summed E-state index contributed by atoms with van der Waals surface area (Å²) in [6.07, 6.45) is 1.91. The van der Waals surface area contributed by atoms with E-state index in [9.17, 15) is 14.4 Å². The fraction of sp³-hybridized carbons (Fsp3) is 0.636. The number of thioether (sulfide) groups is 1. The van der Waals surface area contributed by atoms with E-state index in [2.05, 4.69) is 20.3 Å². The number of imide groups is 1. The van der Waals surface area contributed by atoms with Crippen molar-refractivity contribution in [3.63, 3.8) is 0 Å². The number of carbonyl (C=O) groups excluding carboxylic acids is 3. The fourth-order valence-corrected chi connectivity index (χ4v) is 3.13. The van der Waals surface area contributed by atoms with Crippen LogP contribution < -0.4 is 0 Å². The third kappa shape index (κ3) is 2.75. The number of tetrazole rings is 1. The first-order valence-electron chi connectivity index (χ1n) is 6.45. The fourth-order valence-electron chi connectivity index (χ4n) is 2.12. The Morgan fingerprint density at radius 1 is 1.43 bits per heavy atom. The summed E-state index contributed by atoms with van der Waals surface area (Å²) >= 11 is 1.10. The highest BCUT2D eigenvalue weighted by Gasteiger charge is 2.46. The molecule has 2 aliphatic rings. The maximum absolute atomic E-state index is 12.2. The summed E-state index contributed by atoms with van der Waals surface area (Å²) in [5.41, 5.74) is 0. The molecule has 1 aliphatic heterocycles. The van der Waals surface area contributed by atoms with Gasteiger partial charge in [-0.05, 0) is 23.3 Å². The number of likely N-dealkylation sites (tertiary alicyclic amines) is 1. The Labute approximate surface area is 124 Å². The van der Waals surface area contributed by atoms with Crippen molar-refractivity contribution in [1.82, 2.24) is 25.1 Å². The van der Waals surface area contributed by atoms with Gasteiger partial charge in [-0.1, -0.05) is 11.8 Å². The molecule has 0 bridgehead atoms. The molecule has 21 heavy (non-hydrogen) atoms. The molecule has 2 heterocycles. The van der Waals surface area contributed by atoms with E-state index in [1.807, 2.05) is 0 Å². The topological polar surface area (TPSA) is 107 Å². The minimum Gasteiger partial charge on any atom is -0.468 e. The number of rotatable bonds is 5. The monoisotopic (exact) mass is 311 g/mol. The second kappa shape index (κ2) is 5.43. The number of hydrogen-bond acceptors (Lipinski definition) is 8. The molecular formula is C11H13N5O4S. The molecule has 9 nitrogen and oxygen atoms in total. The first-order valence-corrected chi connectivity index (χ1v) is 7.33. The number of amides is 2. The Morgan fingerprint density at radius 3 is 2.86 bits per heavy atom. The maximum Gasteiger partial charge on any atom is 0.327 e. The van der Waals surface area contributed by atoms with Crippen LogP contribution in [0.1, 0.15) is 19.3 Å². The molecule has 0 radical (unpaired) electrons. The van der Waals surface area contributed by atoms with Crippen molar-refractivity contribution in [3.8, 4) is 0 Å². The predicted molar refractivity (Wildman–Crippen MR) is 69.0 cm³/mol. The van der Waals surface area contributed by atoms with E-state index in [-0.39, 0.29) is 30.8 Å². The van der Waals surface area contributed by atoms with Gasteiger partial charge in [-0.25, -0.2) is 4.68 Å². The average Bonchev–Trinajstić information content (AvgIpc) is 3.13. The summed E-state index contributed by atoms with van der Waals surface area (Å²) < 4.78 is 5.81. The van der Waals surface area contributed by atoms with Gasteiger partial charge in [0.1, 0.15) is 11.8 Å². The molecule has 0 aromatic carbocycles. The van der Waals surface area contributed by atoms with Crippen LogP contribution >= 0.6 is 11.8 Å². The normalized spacial score (nSPS) is 22.0. The lowest BCUT2D eigenvalue weighted by atomic mass is 10.4. The van der Waals surface area contributed by atoms with Crippen molar-refractivity contribution in [2.24, 2.45) is 0 Å². The van der Waals surface area contributed by atoms with Crippen molar-refractivity contribution < 1.29 is 19.1 Å². The van der Waals surface area contributed by atoms with Crippen molar-refractivity contribution in [2.45, 2.75) is 42.3 Å². The smallest absolute Gasteiger partial charge is 0.327 e. The first-order chi connectivity index (χ1) is 10.1. The Kier molecular flexibility index (Phi) is 3.62. The Hall–Kier alpha value is -1.97. The van der Waals surface area contributed by atoms with Gasteiger partial charge in [-0.2, -0.15) is 0 Å². The molecule has 0 spiro atoms. The van der Waals surface area contributed by atoms with Crippen molar-refractivity contribution in [3.05, 3.63) is 0 Å². The molecule has 1 unspecified atom stereocenters. The van der Waals surface area contributed by atoms with Gasteiger partial charge in [-0.3, -0.25) is 19.3 Å². The third-order valence-corrected chi connectivity index (χ3v) is 4.46. The number of esters is 1. The highest BCUT2D eigenvalue weighted by atomic mass is 32.2. The van der Waals surface area contributed by atoms with Gasteiger partial charge in [0, 0.05) is 12.5 Å². The van der Waals surface area contributed by atoms with E-state index < -0.39 is 11.2 Å². The summed E-state index contributed by atoms with van der Waals surface area (Å²) in [6, 6.07) is 0.0710. The van der Waals surface area contributed by atoms with E-state index in [4.69, 9.17) is 0 Å². The van der Waals surface area contributed by atoms with Gasteiger partial charge in [0.2, 0.25) is 17.0 Å². The summed E-state index contributed by atoms with van der Waals surface area (Å²) in [6.45, 7) is -0.132. The van der Waals surface area contributed by atoms with Crippen LogP contribution in [0.5, 0.6) is 0 Å². The second-order valence-corrected chi connectivity index (χ2v) is 6.01. The number of carbonyl (C=O) groups is 3. The molecule has 1 saturated carbocycles. The van der Waals surface area contributed by atoms with Crippen LogP contribution in [-0.4, -0.2) is 61.3 Å². The molecule has 1 aromatic heterocycles. The van der Waals surface area contributed by atoms with Crippen molar-refractivity contribution in [2.75, 3.05) is 7.11 Å². The highest BCUT2D eigenvalue weighted by molar-refractivity contribution is 8.00. The molecule has 2 amide bonds. The standard InChI is InChI=1S/C11H13N5O4S/c1-20-9(18)5-15-11(12-13-14-15)21-7-4-8(17)16(10(7)19)6-2-3-6/h6-7H,2-5H2,1H3. The molecular weight excluding hydrogens is 298 g/mol. The Bertz CT molecular complexity index is 599. The van der Waals surface area contributed by atoms with Crippen LogP contribution in [-0.2, 0) is 25.7 Å². The zero-order valence-electron chi connectivity index (χ0n) is 11.3. The van der Waals surface area contributed by atoms with E-state index in [1.54, 1.807) is 0 Å². The lowest BCUT2D eigenvalue weighted by Gasteiger charge is -2.12.